The first-order valence-corrected chi connectivity index (χ1v) is 14.0. The van der Waals surface area contributed by atoms with E-state index < -0.39 is 5.60 Å². The van der Waals surface area contributed by atoms with Crippen LogP contribution in [0.1, 0.15) is 25.6 Å². The van der Waals surface area contributed by atoms with Crippen LogP contribution in [0, 0.1) is 17.1 Å². The van der Waals surface area contributed by atoms with E-state index in [9.17, 15) is 19.2 Å². The molecular formula is C30H31FN6O3S. The van der Waals surface area contributed by atoms with E-state index in [0.29, 0.717) is 52.8 Å². The second-order valence-electron chi connectivity index (χ2n) is 11.0. The third-order valence-corrected chi connectivity index (χ3v) is 7.96. The number of amides is 1. The van der Waals surface area contributed by atoms with Crippen LogP contribution in [-0.4, -0.2) is 59.4 Å². The average molecular weight is 575 g/mol. The van der Waals surface area contributed by atoms with Crippen molar-refractivity contribution >= 4 is 44.7 Å². The number of fused-ring (bicyclic) bond motifs is 1. The van der Waals surface area contributed by atoms with Gasteiger partial charge in [0, 0.05) is 68.5 Å². The van der Waals surface area contributed by atoms with Gasteiger partial charge in [0.1, 0.15) is 28.1 Å². The Labute approximate surface area is 241 Å². The first kappa shape index (κ1) is 28.1. The predicted molar refractivity (Wildman–Crippen MR) is 159 cm³/mol. The first-order valence-electron chi connectivity index (χ1n) is 13.2. The molecule has 1 aliphatic heterocycles. The maximum atomic E-state index is 13.5. The maximum Gasteiger partial charge on any atom is 0.410 e. The second kappa shape index (κ2) is 10.9. The van der Waals surface area contributed by atoms with E-state index in [1.165, 1.54) is 28.0 Å². The summed E-state index contributed by atoms with van der Waals surface area (Å²) in [5.74, 6) is -0.362. The zero-order valence-corrected chi connectivity index (χ0v) is 24.5. The number of halogens is 1. The van der Waals surface area contributed by atoms with Crippen LogP contribution in [0.25, 0.3) is 22.0 Å². The molecule has 0 saturated carbocycles. The number of thiazole rings is 1. The molecule has 0 atom stereocenters. The van der Waals surface area contributed by atoms with E-state index in [2.05, 4.69) is 11.0 Å². The maximum absolute atomic E-state index is 13.5. The summed E-state index contributed by atoms with van der Waals surface area (Å²) in [6.45, 7) is 7.86. The van der Waals surface area contributed by atoms with Gasteiger partial charge in [0.25, 0.3) is 5.56 Å². The van der Waals surface area contributed by atoms with E-state index >= 15 is 0 Å². The van der Waals surface area contributed by atoms with Crippen LogP contribution in [0.2, 0.25) is 0 Å². The number of anilines is 3. The zero-order chi connectivity index (χ0) is 29.5. The van der Waals surface area contributed by atoms with Gasteiger partial charge in [-0.25, -0.2) is 14.2 Å². The minimum atomic E-state index is -0.549. The van der Waals surface area contributed by atoms with Gasteiger partial charge >= 0.3 is 6.09 Å². The van der Waals surface area contributed by atoms with E-state index in [1.807, 2.05) is 50.9 Å². The molecule has 0 spiro atoms. The number of hydrogen-bond donors (Lipinski definition) is 0. The number of carbonyl (C=O) groups is 1. The molecule has 0 N–H and O–H groups in total. The number of hydrogen-bond acceptors (Lipinski definition) is 8. The number of ether oxygens (including phenoxy) is 1. The Morgan fingerprint density at radius 3 is 2.41 bits per heavy atom. The molecule has 1 amide bonds. The summed E-state index contributed by atoms with van der Waals surface area (Å²) in [7, 11) is 3.55. The van der Waals surface area contributed by atoms with Crippen molar-refractivity contribution in [2.75, 3.05) is 43.0 Å². The first-order chi connectivity index (χ1) is 19.4. The third kappa shape index (κ3) is 5.74. The van der Waals surface area contributed by atoms with Gasteiger partial charge in [-0.2, -0.15) is 5.26 Å². The summed E-state index contributed by atoms with van der Waals surface area (Å²) < 4.78 is 20.5. The van der Waals surface area contributed by atoms with Crippen molar-refractivity contribution < 1.29 is 13.9 Å². The Morgan fingerprint density at radius 2 is 1.78 bits per heavy atom. The number of pyridine rings is 1. The van der Waals surface area contributed by atoms with Crippen molar-refractivity contribution in [1.29, 1.82) is 5.26 Å². The van der Waals surface area contributed by atoms with Crippen molar-refractivity contribution in [3.63, 3.8) is 0 Å². The lowest BCUT2D eigenvalue weighted by molar-refractivity contribution is 0.0240. The number of piperazine rings is 1. The quantitative estimate of drug-likeness (QED) is 0.318. The molecule has 5 rings (SSSR count). The SMILES string of the molecule is CN(c1nc(-c2ccc(F)cc2)c(C#N)s1)c1cn(C)c(=O)c2ccc(N3CCN(C(=O)OC(C)(C)C)CC3)cc12. The Hall–Kier alpha value is -4.43. The summed E-state index contributed by atoms with van der Waals surface area (Å²) in [6.07, 6.45) is 1.45. The molecule has 0 bridgehead atoms. The largest absolute Gasteiger partial charge is 0.444 e. The van der Waals surface area contributed by atoms with Crippen LogP contribution in [-0.2, 0) is 11.8 Å². The van der Waals surface area contributed by atoms with Gasteiger partial charge in [0.15, 0.2) is 5.13 Å². The summed E-state index contributed by atoms with van der Waals surface area (Å²) in [5.41, 5.74) is 2.15. The van der Waals surface area contributed by atoms with Crippen molar-refractivity contribution in [3.8, 4) is 17.3 Å². The van der Waals surface area contributed by atoms with Crippen LogP contribution in [0.3, 0.4) is 0 Å². The number of nitrogens with zero attached hydrogens (tertiary/aromatic N) is 6. The fourth-order valence-electron chi connectivity index (χ4n) is 4.80. The van der Waals surface area contributed by atoms with E-state index in [4.69, 9.17) is 9.72 Å². The van der Waals surface area contributed by atoms with E-state index in [1.54, 1.807) is 30.3 Å². The topological polar surface area (TPSA) is 94.7 Å². The highest BCUT2D eigenvalue weighted by Crippen LogP contribution is 2.38. The molecule has 4 aromatic rings. The zero-order valence-electron chi connectivity index (χ0n) is 23.6. The normalized spacial score (nSPS) is 13.8. The highest BCUT2D eigenvalue weighted by Gasteiger charge is 2.27. The fraction of sp³-hybridized carbons (Fsp3) is 0.333. The van der Waals surface area contributed by atoms with Gasteiger partial charge in [-0.1, -0.05) is 11.3 Å². The molecule has 0 aliphatic carbocycles. The Kier molecular flexibility index (Phi) is 7.44. The van der Waals surface area contributed by atoms with Crippen LogP contribution >= 0.6 is 11.3 Å². The van der Waals surface area contributed by atoms with E-state index in [0.717, 1.165) is 16.8 Å². The monoisotopic (exact) mass is 574 g/mol. The summed E-state index contributed by atoms with van der Waals surface area (Å²) in [5, 5.41) is 11.7. The molecule has 1 fully saturated rings. The Balaban J connectivity index is 1.47. The summed E-state index contributed by atoms with van der Waals surface area (Å²) in [6, 6.07) is 13.8. The molecule has 11 heteroatoms. The third-order valence-electron chi connectivity index (χ3n) is 6.93. The highest BCUT2D eigenvalue weighted by molar-refractivity contribution is 7.16. The van der Waals surface area contributed by atoms with Crippen LogP contribution in [0.4, 0.5) is 25.7 Å². The number of aromatic nitrogens is 2. The predicted octanol–water partition coefficient (Wildman–Crippen LogP) is 5.50. The molecule has 2 aromatic carbocycles. The summed E-state index contributed by atoms with van der Waals surface area (Å²) >= 11 is 1.23. The van der Waals surface area contributed by atoms with E-state index in [-0.39, 0.29) is 17.5 Å². The molecule has 9 nitrogen and oxygen atoms in total. The molecule has 41 heavy (non-hydrogen) atoms. The average Bonchev–Trinajstić information content (AvgIpc) is 3.38. The van der Waals surface area contributed by atoms with Gasteiger partial charge in [-0.3, -0.25) is 4.79 Å². The molecule has 1 aliphatic rings. The Bertz CT molecular complexity index is 1710. The highest BCUT2D eigenvalue weighted by atomic mass is 32.1. The molecular weight excluding hydrogens is 543 g/mol. The second-order valence-corrected chi connectivity index (χ2v) is 11.9. The molecule has 0 unspecified atom stereocenters. The molecule has 212 valence electrons. The van der Waals surface area contributed by atoms with Gasteiger partial charge in [0.05, 0.1) is 5.69 Å². The number of benzene rings is 2. The molecule has 0 radical (unpaired) electrons. The number of rotatable bonds is 4. The van der Waals surface area contributed by atoms with Crippen molar-refractivity contribution in [3.05, 3.63) is 69.7 Å². The van der Waals surface area contributed by atoms with Crippen molar-refractivity contribution in [2.24, 2.45) is 7.05 Å². The van der Waals surface area contributed by atoms with Crippen molar-refractivity contribution in [1.82, 2.24) is 14.5 Å². The van der Waals surface area contributed by atoms with Gasteiger partial charge < -0.3 is 24.0 Å². The minimum Gasteiger partial charge on any atom is -0.444 e. The Morgan fingerprint density at radius 1 is 1.10 bits per heavy atom. The minimum absolute atomic E-state index is 0.123. The van der Waals surface area contributed by atoms with Gasteiger partial charge in [0.2, 0.25) is 0 Å². The lowest BCUT2D eigenvalue weighted by atomic mass is 10.1. The van der Waals surface area contributed by atoms with Crippen molar-refractivity contribution in [2.45, 2.75) is 26.4 Å². The smallest absolute Gasteiger partial charge is 0.410 e. The molecule has 2 aromatic heterocycles. The number of nitriles is 1. The summed E-state index contributed by atoms with van der Waals surface area (Å²) in [4.78, 5) is 36.5. The molecule has 3 heterocycles. The number of aryl methyl sites for hydroxylation is 1. The number of carbonyl (C=O) groups excluding carboxylic acids is 1. The lowest BCUT2D eigenvalue weighted by Crippen LogP contribution is -2.50. The van der Waals surface area contributed by atoms with Crippen LogP contribution < -0.4 is 15.4 Å². The standard InChI is InChI=1S/C30H31FN6O3S/c1-30(2,3)40-29(39)37-14-12-36(13-15-37)21-10-11-22-23(16-21)24(18-34(4)27(22)38)35(5)28-33-26(25(17-32)41-28)19-6-8-20(31)9-7-19/h6-11,16,18H,12-15H2,1-5H3. The van der Waals surface area contributed by atoms with Gasteiger partial charge in [-0.15, -0.1) is 0 Å². The fourth-order valence-corrected chi connectivity index (χ4v) is 5.67. The molecule has 1 saturated heterocycles. The van der Waals surface area contributed by atoms with Gasteiger partial charge in [-0.05, 0) is 63.2 Å². The van der Waals surface area contributed by atoms with Crippen LogP contribution in [0.5, 0.6) is 0 Å². The lowest BCUT2D eigenvalue weighted by Gasteiger charge is -2.37. The van der Waals surface area contributed by atoms with Crippen LogP contribution in [0.15, 0.2) is 53.5 Å².